The number of amides is 1. The predicted octanol–water partition coefficient (Wildman–Crippen LogP) is 4.08. The van der Waals surface area contributed by atoms with Crippen LogP contribution in [0.2, 0.25) is 10.0 Å². The molecule has 0 saturated carbocycles. The molecule has 1 fully saturated rings. The van der Waals surface area contributed by atoms with E-state index < -0.39 is 0 Å². The van der Waals surface area contributed by atoms with Gasteiger partial charge in [-0.2, -0.15) is 0 Å². The van der Waals surface area contributed by atoms with E-state index in [2.05, 4.69) is 27.0 Å². The third-order valence-electron chi connectivity index (χ3n) is 4.95. The molecular weight excluding hydrogens is 427 g/mol. The molecule has 1 aliphatic heterocycles. The molecule has 1 amide bonds. The van der Waals surface area contributed by atoms with Crippen molar-refractivity contribution in [1.82, 2.24) is 15.2 Å². The number of pyridine rings is 1. The number of rotatable bonds is 8. The van der Waals surface area contributed by atoms with Crippen LogP contribution in [-0.2, 0) is 17.1 Å². The second-order valence-electron chi connectivity index (χ2n) is 6.95. The molecule has 1 saturated heterocycles. The number of hydrogen-bond acceptors (Lipinski definition) is 5. The van der Waals surface area contributed by atoms with Crippen molar-refractivity contribution in [2.24, 2.45) is 0 Å². The number of benzene rings is 1. The lowest BCUT2D eigenvalue weighted by Gasteiger charge is -2.34. The second-order valence-corrected chi connectivity index (χ2v) is 8.78. The highest BCUT2D eigenvalue weighted by molar-refractivity contribution is 7.99. The highest BCUT2D eigenvalue weighted by Gasteiger charge is 2.16. The summed E-state index contributed by atoms with van der Waals surface area (Å²) in [5, 5.41) is 4.19. The normalized spacial score (nSPS) is 14.8. The summed E-state index contributed by atoms with van der Waals surface area (Å²) in [5.41, 5.74) is 1.98. The Labute approximate surface area is 186 Å². The predicted molar refractivity (Wildman–Crippen MR) is 123 cm³/mol. The third kappa shape index (κ3) is 6.78. The largest absolute Gasteiger partial charge is 0.354 e. The van der Waals surface area contributed by atoms with Gasteiger partial charge in [0.25, 0.3) is 0 Å². The molecule has 1 aromatic carbocycles. The molecule has 156 valence electrons. The molecule has 8 heteroatoms. The van der Waals surface area contributed by atoms with Crippen LogP contribution < -0.4 is 10.2 Å². The van der Waals surface area contributed by atoms with Gasteiger partial charge >= 0.3 is 0 Å². The van der Waals surface area contributed by atoms with Gasteiger partial charge < -0.3 is 15.1 Å². The number of likely N-dealkylation sites (N-methyl/N-ethyl adjacent to an activating group) is 1. The van der Waals surface area contributed by atoms with E-state index in [9.17, 15) is 4.79 Å². The number of thioether (sulfide) groups is 1. The van der Waals surface area contributed by atoms with Gasteiger partial charge in [-0.25, -0.2) is 4.98 Å². The van der Waals surface area contributed by atoms with Crippen LogP contribution in [0.5, 0.6) is 0 Å². The molecule has 29 heavy (non-hydrogen) atoms. The number of piperazine rings is 1. The standard InChI is InChI=1S/C21H26Cl2N4OS/c1-2-26-7-9-27(10-8-26)20-6-3-16(12-24-20)13-25-21(28)15-29-14-17-4-5-18(22)11-19(17)23/h3-6,11-12H,2,7-10,13-15H2,1H3,(H,25,28). The Hall–Kier alpha value is -1.47. The maximum atomic E-state index is 12.1. The molecule has 3 rings (SSSR count). The Balaban J connectivity index is 1.39. The van der Waals surface area contributed by atoms with E-state index in [1.807, 2.05) is 30.5 Å². The van der Waals surface area contributed by atoms with Crippen molar-refractivity contribution in [2.75, 3.05) is 43.4 Å². The number of anilines is 1. The zero-order valence-corrected chi connectivity index (χ0v) is 18.9. The van der Waals surface area contributed by atoms with E-state index in [1.165, 1.54) is 11.8 Å². The summed E-state index contributed by atoms with van der Waals surface area (Å²) >= 11 is 13.6. The number of hydrogen-bond donors (Lipinski definition) is 1. The van der Waals surface area contributed by atoms with Crippen LogP contribution in [0.4, 0.5) is 5.82 Å². The van der Waals surface area contributed by atoms with Crippen LogP contribution in [0.15, 0.2) is 36.5 Å². The third-order valence-corrected chi connectivity index (χ3v) is 6.52. The zero-order chi connectivity index (χ0) is 20.6. The minimum atomic E-state index is -0.000139. The van der Waals surface area contributed by atoms with Crippen LogP contribution in [0.25, 0.3) is 0 Å². The zero-order valence-electron chi connectivity index (χ0n) is 16.5. The summed E-state index contributed by atoms with van der Waals surface area (Å²) in [6.45, 7) is 7.95. The topological polar surface area (TPSA) is 48.5 Å². The van der Waals surface area contributed by atoms with Crippen LogP contribution in [-0.4, -0.2) is 54.3 Å². The first-order valence-corrected chi connectivity index (χ1v) is 11.7. The minimum Gasteiger partial charge on any atom is -0.354 e. The van der Waals surface area contributed by atoms with Gasteiger partial charge in [0.2, 0.25) is 5.91 Å². The van der Waals surface area contributed by atoms with Gasteiger partial charge in [0.15, 0.2) is 0 Å². The molecule has 0 radical (unpaired) electrons. The number of nitrogens with zero attached hydrogens (tertiary/aromatic N) is 3. The lowest BCUT2D eigenvalue weighted by Crippen LogP contribution is -2.46. The van der Waals surface area contributed by atoms with E-state index in [0.717, 1.165) is 49.7 Å². The van der Waals surface area contributed by atoms with E-state index in [0.29, 0.717) is 28.1 Å². The Kier molecular flexibility index (Phi) is 8.48. The van der Waals surface area contributed by atoms with Gasteiger partial charge in [0.1, 0.15) is 5.82 Å². The number of nitrogens with one attached hydrogen (secondary N) is 1. The van der Waals surface area contributed by atoms with Crippen molar-refractivity contribution in [1.29, 1.82) is 0 Å². The van der Waals surface area contributed by atoms with Crippen molar-refractivity contribution in [3.63, 3.8) is 0 Å². The molecule has 0 spiro atoms. The lowest BCUT2D eigenvalue weighted by molar-refractivity contribution is -0.118. The van der Waals surface area contributed by atoms with Crippen LogP contribution in [0.1, 0.15) is 18.1 Å². The van der Waals surface area contributed by atoms with Crippen molar-refractivity contribution in [2.45, 2.75) is 19.2 Å². The highest BCUT2D eigenvalue weighted by atomic mass is 35.5. The Bertz CT molecular complexity index is 811. The van der Waals surface area contributed by atoms with Crippen molar-refractivity contribution in [3.05, 3.63) is 57.7 Å². The second kappa shape index (κ2) is 11.1. The number of carbonyl (C=O) groups is 1. The maximum absolute atomic E-state index is 12.1. The van der Waals surface area contributed by atoms with E-state index in [4.69, 9.17) is 23.2 Å². The molecule has 1 aromatic heterocycles. The number of carbonyl (C=O) groups excluding carboxylic acids is 1. The highest BCUT2D eigenvalue weighted by Crippen LogP contribution is 2.24. The lowest BCUT2D eigenvalue weighted by atomic mass is 10.2. The molecule has 5 nitrogen and oxygen atoms in total. The number of halogens is 2. The quantitative estimate of drug-likeness (QED) is 0.653. The smallest absolute Gasteiger partial charge is 0.230 e. The molecule has 0 bridgehead atoms. The van der Waals surface area contributed by atoms with Crippen LogP contribution >= 0.6 is 35.0 Å². The minimum absolute atomic E-state index is 0.000139. The Morgan fingerprint density at radius 2 is 1.97 bits per heavy atom. The molecule has 2 heterocycles. The van der Waals surface area contributed by atoms with Crippen LogP contribution in [0.3, 0.4) is 0 Å². The summed E-state index contributed by atoms with van der Waals surface area (Å²) in [7, 11) is 0. The summed E-state index contributed by atoms with van der Waals surface area (Å²) in [6, 6.07) is 9.50. The molecule has 1 N–H and O–H groups in total. The molecule has 0 unspecified atom stereocenters. The monoisotopic (exact) mass is 452 g/mol. The van der Waals surface area contributed by atoms with Crippen molar-refractivity contribution >= 4 is 46.7 Å². The van der Waals surface area contributed by atoms with Crippen LogP contribution in [0, 0.1) is 0 Å². The maximum Gasteiger partial charge on any atom is 0.230 e. The van der Waals surface area contributed by atoms with E-state index >= 15 is 0 Å². The summed E-state index contributed by atoms with van der Waals surface area (Å²) in [6.07, 6.45) is 1.85. The molecule has 1 aliphatic rings. The average molecular weight is 453 g/mol. The Morgan fingerprint density at radius 3 is 2.62 bits per heavy atom. The first kappa shape index (κ1) is 22.2. The van der Waals surface area contributed by atoms with Gasteiger partial charge in [-0.3, -0.25) is 4.79 Å². The van der Waals surface area contributed by atoms with Gasteiger partial charge in [0, 0.05) is 54.7 Å². The Morgan fingerprint density at radius 1 is 1.17 bits per heavy atom. The fourth-order valence-corrected chi connectivity index (χ4v) is 4.56. The van der Waals surface area contributed by atoms with E-state index in [1.54, 1.807) is 6.07 Å². The van der Waals surface area contributed by atoms with E-state index in [-0.39, 0.29) is 5.91 Å². The first-order valence-electron chi connectivity index (χ1n) is 9.75. The van der Waals surface area contributed by atoms with Gasteiger partial charge in [0.05, 0.1) is 5.75 Å². The van der Waals surface area contributed by atoms with Crippen molar-refractivity contribution < 1.29 is 4.79 Å². The SMILES string of the molecule is CCN1CCN(c2ccc(CNC(=O)CSCc3ccc(Cl)cc3Cl)cn2)CC1. The van der Waals surface area contributed by atoms with Crippen molar-refractivity contribution in [3.8, 4) is 0 Å². The molecule has 2 aromatic rings. The number of aromatic nitrogens is 1. The summed E-state index contributed by atoms with van der Waals surface area (Å²) in [4.78, 5) is 21.4. The summed E-state index contributed by atoms with van der Waals surface area (Å²) in [5.74, 6) is 2.06. The van der Waals surface area contributed by atoms with Gasteiger partial charge in [-0.05, 0) is 35.9 Å². The fraction of sp³-hybridized carbons (Fsp3) is 0.429. The average Bonchev–Trinajstić information content (AvgIpc) is 2.74. The molecular formula is C21H26Cl2N4OS. The summed E-state index contributed by atoms with van der Waals surface area (Å²) < 4.78 is 0. The van der Waals surface area contributed by atoms with Gasteiger partial charge in [-0.1, -0.05) is 42.3 Å². The molecule has 0 aliphatic carbocycles. The fourth-order valence-electron chi connectivity index (χ4n) is 3.15. The molecule has 0 atom stereocenters. The first-order chi connectivity index (χ1) is 14.0. The van der Waals surface area contributed by atoms with Gasteiger partial charge in [-0.15, -0.1) is 11.8 Å².